The molecule has 20 heavy (non-hydrogen) atoms. The molecule has 1 aliphatic rings. The van der Waals surface area contributed by atoms with Gasteiger partial charge in [0.15, 0.2) is 0 Å². The summed E-state index contributed by atoms with van der Waals surface area (Å²) in [6.45, 7) is 3.91. The summed E-state index contributed by atoms with van der Waals surface area (Å²) in [5.74, 6) is 0.708. The van der Waals surface area contributed by atoms with E-state index >= 15 is 0 Å². The summed E-state index contributed by atoms with van der Waals surface area (Å²) in [4.78, 5) is 0. The van der Waals surface area contributed by atoms with Crippen molar-refractivity contribution in [2.24, 2.45) is 0 Å². The fraction of sp³-hybridized carbons (Fsp3) is 0.500. The Bertz CT molecular complexity index is 500. The van der Waals surface area contributed by atoms with E-state index in [4.69, 9.17) is 9.47 Å². The Hall–Kier alpha value is -1.36. The second-order valence-electron chi connectivity index (χ2n) is 5.60. The number of hydrogen-bond acceptors (Lipinski definition) is 4. The van der Waals surface area contributed by atoms with Crippen LogP contribution in [0.15, 0.2) is 18.2 Å². The molecule has 1 aromatic rings. The zero-order valence-electron chi connectivity index (χ0n) is 12.2. The number of ether oxygens (including phenoxy) is 2. The standard InChI is InChI=1S/C16H22O4/c1-16(2,18)14-9-12-7-6-11(5-4-8-19-3)13(10-17)15(12)20-14/h4-7,14,17-18H,8-10H2,1-3H3. The largest absolute Gasteiger partial charge is 0.486 e. The molecule has 0 bridgehead atoms. The van der Waals surface area contributed by atoms with Gasteiger partial charge in [-0.1, -0.05) is 24.3 Å². The lowest BCUT2D eigenvalue weighted by molar-refractivity contribution is -0.0235. The molecule has 4 nitrogen and oxygen atoms in total. The first-order valence-electron chi connectivity index (χ1n) is 6.77. The summed E-state index contributed by atoms with van der Waals surface area (Å²) in [6, 6.07) is 3.96. The van der Waals surface area contributed by atoms with E-state index in [9.17, 15) is 10.2 Å². The molecule has 0 saturated carbocycles. The van der Waals surface area contributed by atoms with Gasteiger partial charge >= 0.3 is 0 Å². The van der Waals surface area contributed by atoms with Crippen molar-refractivity contribution in [3.05, 3.63) is 34.9 Å². The minimum absolute atomic E-state index is 0.0889. The molecule has 1 heterocycles. The van der Waals surface area contributed by atoms with E-state index < -0.39 is 5.60 Å². The normalized spacial score (nSPS) is 18.4. The van der Waals surface area contributed by atoms with Crippen molar-refractivity contribution in [1.82, 2.24) is 0 Å². The molecule has 1 aromatic carbocycles. The predicted molar refractivity (Wildman–Crippen MR) is 77.7 cm³/mol. The Labute approximate surface area is 119 Å². The number of rotatable bonds is 5. The van der Waals surface area contributed by atoms with Crippen LogP contribution in [-0.2, 0) is 17.8 Å². The number of aliphatic hydroxyl groups is 2. The van der Waals surface area contributed by atoms with Crippen molar-refractivity contribution in [2.45, 2.75) is 38.6 Å². The first-order valence-corrected chi connectivity index (χ1v) is 6.77. The Morgan fingerprint density at radius 1 is 1.45 bits per heavy atom. The zero-order valence-corrected chi connectivity index (χ0v) is 12.2. The third-order valence-electron chi connectivity index (χ3n) is 3.55. The number of benzene rings is 1. The van der Waals surface area contributed by atoms with Crippen LogP contribution in [0.1, 0.15) is 30.5 Å². The van der Waals surface area contributed by atoms with Crippen molar-refractivity contribution in [3.63, 3.8) is 0 Å². The van der Waals surface area contributed by atoms with E-state index in [1.807, 2.05) is 24.3 Å². The van der Waals surface area contributed by atoms with Crippen molar-refractivity contribution in [2.75, 3.05) is 13.7 Å². The quantitative estimate of drug-likeness (QED) is 0.864. The first kappa shape index (κ1) is 15.0. The Morgan fingerprint density at radius 3 is 2.80 bits per heavy atom. The molecule has 2 rings (SSSR count). The average Bonchev–Trinajstić information content (AvgIpc) is 2.82. The van der Waals surface area contributed by atoms with Gasteiger partial charge in [-0.05, 0) is 25.0 Å². The fourth-order valence-electron chi connectivity index (χ4n) is 2.37. The molecular weight excluding hydrogens is 256 g/mol. The van der Waals surface area contributed by atoms with Crippen LogP contribution in [0.3, 0.4) is 0 Å². The second kappa shape index (κ2) is 5.95. The van der Waals surface area contributed by atoms with E-state index in [2.05, 4.69) is 0 Å². The molecule has 1 aliphatic heterocycles. The van der Waals surface area contributed by atoms with E-state index in [0.717, 1.165) is 16.7 Å². The number of methoxy groups -OCH3 is 1. The number of fused-ring (bicyclic) bond motifs is 1. The van der Waals surface area contributed by atoms with Gasteiger partial charge in [0.2, 0.25) is 0 Å². The van der Waals surface area contributed by atoms with Gasteiger partial charge < -0.3 is 19.7 Å². The third kappa shape index (κ3) is 3.03. The summed E-state index contributed by atoms with van der Waals surface area (Å²) < 4.78 is 10.8. The zero-order chi connectivity index (χ0) is 14.8. The molecule has 0 amide bonds. The lowest BCUT2D eigenvalue weighted by atomic mass is 9.95. The van der Waals surface area contributed by atoms with Crippen LogP contribution in [0.5, 0.6) is 5.75 Å². The second-order valence-corrected chi connectivity index (χ2v) is 5.60. The highest BCUT2D eigenvalue weighted by molar-refractivity contribution is 5.61. The summed E-state index contributed by atoms with van der Waals surface area (Å²) >= 11 is 0. The molecule has 0 aliphatic carbocycles. The topological polar surface area (TPSA) is 58.9 Å². The summed E-state index contributed by atoms with van der Waals surface area (Å²) in [5, 5.41) is 19.7. The van der Waals surface area contributed by atoms with E-state index in [0.29, 0.717) is 18.8 Å². The molecule has 2 N–H and O–H groups in total. The molecular formula is C16H22O4. The summed E-state index contributed by atoms with van der Waals surface area (Å²) in [7, 11) is 1.64. The van der Waals surface area contributed by atoms with Crippen LogP contribution in [0, 0.1) is 0 Å². The predicted octanol–water partition coefficient (Wildman–Crippen LogP) is 1.91. The molecule has 110 valence electrons. The van der Waals surface area contributed by atoms with Gasteiger partial charge in [-0.15, -0.1) is 0 Å². The minimum Gasteiger partial charge on any atom is -0.486 e. The van der Waals surface area contributed by atoms with Crippen LogP contribution >= 0.6 is 0 Å². The maximum atomic E-state index is 10.1. The van der Waals surface area contributed by atoms with Crippen LogP contribution < -0.4 is 4.74 Å². The van der Waals surface area contributed by atoms with Gasteiger partial charge in [-0.25, -0.2) is 0 Å². The molecule has 1 unspecified atom stereocenters. The molecule has 1 atom stereocenters. The average molecular weight is 278 g/mol. The maximum absolute atomic E-state index is 10.1. The molecule has 0 radical (unpaired) electrons. The number of hydrogen-bond donors (Lipinski definition) is 2. The minimum atomic E-state index is -0.905. The number of aliphatic hydroxyl groups excluding tert-OH is 1. The first-order chi connectivity index (χ1) is 9.47. The summed E-state index contributed by atoms with van der Waals surface area (Å²) in [5.41, 5.74) is 1.81. The molecule has 0 fully saturated rings. The van der Waals surface area contributed by atoms with Gasteiger partial charge in [0, 0.05) is 19.1 Å². The van der Waals surface area contributed by atoms with Crippen LogP contribution in [0.25, 0.3) is 6.08 Å². The summed E-state index contributed by atoms with van der Waals surface area (Å²) in [6.07, 6.45) is 4.19. The Balaban J connectivity index is 2.31. The van der Waals surface area contributed by atoms with E-state index in [1.165, 1.54) is 0 Å². The maximum Gasteiger partial charge on any atom is 0.131 e. The van der Waals surface area contributed by atoms with Crippen LogP contribution in [-0.4, -0.2) is 35.6 Å². The monoisotopic (exact) mass is 278 g/mol. The SMILES string of the molecule is COCC=Cc1ccc2c(c1CO)OC(C(C)(C)O)C2. The van der Waals surface area contributed by atoms with Gasteiger partial charge in [0.25, 0.3) is 0 Å². The molecule has 0 spiro atoms. The van der Waals surface area contributed by atoms with Gasteiger partial charge in [0.1, 0.15) is 11.9 Å². The molecule has 4 heteroatoms. The van der Waals surface area contributed by atoms with Gasteiger partial charge in [0.05, 0.1) is 18.8 Å². The lowest BCUT2D eigenvalue weighted by Crippen LogP contribution is -2.39. The molecule has 0 saturated heterocycles. The smallest absolute Gasteiger partial charge is 0.131 e. The highest BCUT2D eigenvalue weighted by Gasteiger charge is 2.36. The fourth-order valence-corrected chi connectivity index (χ4v) is 2.37. The van der Waals surface area contributed by atoms with E-state index in [1.54, 1.807) is 21.0 Å². The highest BCUT2D eigenvalue weighted by atomic mass is 16.5. The van der Waals surface area contributed by atoms with Crippen molar-refractivity contribution >= 4 is 6.08 Å². The van der Waals surface area contributed by atoms with Crippen molar-refractivity contribution < 1.29 is 19.7 Å². The molecule has 0 aromatic heterocycles. The third-order valence-corrected chi connectivity index (χ3v) is 3.55. The van der Waals surface area contributed by atoms with Gasteiger partial charge in [-0.2, -0.15) is 0 Å². The van der Waals surface area contributed by atoms with Crippen LogP contribution in [0.4, 0.5) is 0 Å². The van der Waals surface area contributed by atoms with Crippen molar-refractivity contribution in [3.8, 4) is 5.75 Å². The van der Waals surface area contributed by atoms with Crippen LogP contribution in [0.2, 0.25) is 0 Å². The highest BCUT2D eigenvalue weighted by Crippen LogP contribution is 2.38. The lowest BCUT2D eigenvalue weighted by Gasteiger charge is -2.25. The Kier molecular flexibility index (Phi) is 4.48. The van der Waals surface area contributed by atoms with Gasteiger partial charge in [-0.3, -0.25) is 0 Å². The van der Waals surface area contributed by atoms with E-state index in [-0.39, 0.29) is 12.7 Å². The Morgan fingerprint density at radius 2 is 2.20 bits per heavy atom. The van der Waals surface area contributed by atoms with Crippen molar-refractivity contribution in [1.29, 1.82) is 0 Å².